The highest BCUT2D eigenvalue weighted by molar-refractivity contribution is 6.01. The molecule has 0 aromatic heterocycles. The van der Waals surface area contributed by atoms with Gasteiger partial charge in [-0.1, -0.05) is 54.6 Å². The summed E-state index contributed by atoms with van der Waals surface area (Å²) in [6.07, 6.45) is 1.80. The molecule has 1 aliphatic rings. The number of carbonyl (C=O) groups is 1. The van der Waals surface area contributed by atoms with Gasteiger partial charge in [0.25, 0.3) is 5.91 Å². The van der Waals surface area contributed by atoms with Crippen molar-refractivity contribution in [3.63, 3.8) is 0 Å². The highest BCUT2D eigenvalue weighted by Gasteiger charge is 2.29. The van der Waals surface area contributed by atoms with Crippen LogP contribution in [-0.4, -0.2) is 24.5 Å². The van der Waals surface area contributed by atoms with Crippen molar-refractivity contribution in [2.24, 2.45) is 0 Å². The lowest BCUT2D eigenvalue weighted by Gasteiger charge is -2.35. The molecule has 142 valence electrons. The third-order valence-corrected chi connectivity index (χ3v) is 5.07. The van der Waals surface area contributed by atoms with Crippen molar-refractivity contribution in [2.45, 2.75) is 19.0 Å². The maximum absolute atomic E-state index is 12.6. The van der Waals surface area contributed by atoms with Gasteiger partial charge in [-0.2, -0.15) is 0 Å². The first kappa shape index (κ1) is 18.1. The normalized spacial score (nSPS) is 15.7. The Morgan fingerprint density at radius 2 is 1.64 bits per heavy atom. The van der Waals surface area contributed by atoms with E-state index in [1.807, 2.05) is 61.6 Å². The molecule has 1 aliphatic heterocycles. The molecule has 3 aromatic carbocycles. The van der Waals surface area contributed by atoms with Gasteiger partial charge in [-0.15, -0.1) is 0 Å². The fraction of sp³-hybridized carbons (Fsp3) is 0.208. The summed E-state index contributed by atoms with van der Waals surface area (Å²) < 4.78 is 5.87. The molecule has 0 saturated heterocycles. The average molecular weight is 372 g/mol. The number of anilines is 1. The zero-order valence-electron chi connectivity index (χ0n) is 16.0. The van der Waals surface area contributed by atoms with Gasteiger partial charge < -0.3 is 15.0 Å². The quantitative estimate of drug-likeness (QED) is 0.626. The lowest BCUT2D eigenvalue weighted by molar-refractivity contribution is 0.0735. The van der Waals surface area contributed by atoms with Crippen LogP contribution in [0.5, 0.6) is 5.75 Å². The molecule has 4 rings (SSSR count). The van der Waals surface area contributed by atoms with E-state index in [0.717, 1.165) is 29.8 Å². The van der Waals surface area contributed by atoms with Crippen LogP contribution in [0, 0.1) is 0 Å². The molecule has 1 N–H and O–H groups in total. The summed E-state index contributed by atoms with van der Waals surface area (Å²) in [5, 5.41) is 3.45. The molecular weight excluding hydrogens is 348 g/mol. The molecule has 0 bridgehead atoms. The van der Waals surface area contributed by atoms with Gasteiger partial charge in [-0.25, -0.2) is 0 Å². The maximum Gasteiger partial charge on any atom is 0.257 e. The number of ether oxygens (including phenoxy) is 1. The topological polar surface area (TPSA) is 41.6 Å². The lowest BCUT2D eigenvalue weighted by Crippen LogP contribution is -2.40. The van der Waals surface area contributed by atoms with Crippen LogP contribution in [0.15, 0.2) is 78.9 Å². The van der Waals surface area contributed by atoms with Crippen LogP contribution in [0.4, 0.5) is 5.69 Å². The molecule has 1 atom stereocenters. The number of rotatable bonds is 6. The molecule has 0 aliphatic carbocycles. The fourth-order valence-corrected chi connectivity index (χ4v) is 3.51. The van der Waals surface area contributed by atoms with Crippen molar-refractivity contribution in [1.29, 1.82) is 0 Å². The Hall–Kier alpha value is -3.27. The monoisotopic (exact) mass is 372 g/mol. The van der Waals surface area contributed by atoms with E-state index in [0.29, 0.717) is 12.2 Å². The van der Waals surface area contributed by atoms with E-state index in [9.17, 15) is 4.79 Å². The van der Waals surface area contributed by atoms with Crippen LogP contribution in [0.25, 0.3) is 0 Å². The summed E-state index contributed by atoms with van der Waals surface area (Å²) in [4.78, 5) is 14.4. The van der Waals surface area contributed by atoms with Crippen molar-refractivity contribution in [2.75, 3.05) is 19.0 Å². The van der Waals surface area contributed by atoms with Gasteiger partial charge >= 0.3 is 0 Å². The Bertz CT molecular complexity index is 938. The SMILES string of the molecule is CN1C(=O)c2ccccc2NC1c1ccc(OCCCc2ccccc2)cc1. The summed E-state index contributed by atoms with van der Waals surface area (Å²) >= 11 is 0. The third kappa shape index (κ3) is 3.86. The summed E-state index contributed by atoms with van der Waals surface area (Å²) in [6.45, 7) is 0.682. The molecule has 28 heavy (non-hydrogen) atoms. The first-order chi connectivity index (χ1) is 13.7. The minimum absolute atomic E-state index is 0.0283. The Kier molecular flexibility index (Phi) is 5.29. The Morgan fingerprint density at radius 3 is 2.43 bits per heavy atom. The number of hydrogen-bond acceptors (Lipinski definition) is 3. The second-order valence-electron chi connectivity index (χ2n) is 7.02. The number of nitrogens with zero attached hydrogens (tertiary/aromatic N) is 1. The summed E-state index contributed by atoms with van der Waals surface area (Å²) in [7, 11) is 1.82. The van der Waals surface area contributed by atoms with Crippen LogP contribution in [0.2, 0.25) is 0 Å². The zero-order chi connectivity index (χ0) is 19.3. The van der Waals surface area contributed by atoms with E-state index in [-0.39, 0.29) is 12.1 Å². The first-order valence-corrected chi connectivity index (χ1v) is 9.62. The van der Waals surface area contributed by atoms with Crippen LogP contribution >= 0.6 is 0 Å². The number of benzene rings is 3. The minimum atomic E-state index is -0.186. The standard InChI is InChI=1S/C24H24N2O2/c1-26-23(25-22-12-6-5-11-21(22)24(26)27)19-13-15-20(16-14-19)28-17-7-10-18-8-3-2-4-9-18/h2-6,8-9,11-16,23,25H,7,10,17H2,1H3. The van der Waals surface area contributed by atoms with Gasteiger partial charge in [-0.05, 0) is 48.2 Å². The molecule has 4 nitrogen and oxygen atoms in total. The highest BCUT2D eigenvalue weighted by Crippen LogP contribution is 2.32. The molecule has 1 amide bonds. The van der Waals surface area contributed by atoms with Crippen molar-refractivity contribution < 1.29 is 9.53 Å². The molecule has 0 saturated carbocycles. The van der Waals surface area contributed by atoms with Crippen LogP contribution < -0.4 is 10.1 Å². The number of fused-ring (bicyclic) bond motifs is 1. The molecule has 1 heterocycles. The van der Waals surface area contributed by atoms with E-state index in [1.165, 1.54) is 5.56 Å². The summed E-state index contributed by atoms with van der Waals surface area (Å²) in [5.41, 5.74) is 3.94. The van der Waals surface area contributed by atoms with Crippen molar-refractivity contribution >= 4 is 11.6 Å². The molecule has 3 aromatic rings. The summed E-state index contributed by atoms with van der Waals surface area (Å²) in [5.74, 6) is 0.877. The van der Waals surface area contributed by atoms with Gasteiger partial charge in [-0.3, -0.25) is 4.79 Å². The molecule has 0 spiro atoms. The average Bonchev–Trinajstić information content (AvgIpc) is 2.75. The molecule has 1 unspecified atom stereocenters. The first-order valence-electron chi connectivity index (χ1n) is 9.62. The maximum atomic E-state index is 12.6. The Labute approximate surface area is 165 Å². The van der Waals surface area contributed by atoms with E-state index in [4.69, 9.17) is 4.74 Å². The predicted octanol–water partition coefficient (Wildman–Crippen LogP) is 4.89. The largest absolute Gasteiger partial charge is 0.494 e. The predicted molar refractivity (Wildman–Crippen MR) is 112 cm³/mol. The van der Waals surface area contributed by atoms with Crippen LogP contribution in [-0.2, 0) is 6.42 Å². The number of para-hydroxylation sites is 1. The zero-order valence-corrected chi connectivity index (χ0v) is 16.0. The third-order valence-electron chi connectivity index (χ3n) is 5.07. The highest BCUT2D eigenvalue weighted by atomic mass is 16.5. The van der Waals surface area contributed by atoms with Gasteiger partial charge in [0.1, 0.15) is 11.9 Å². The van der Waals surface area contributed by atoms with Crippen LogP contribution in [0.1, 0.15) is 34.1 Å². The number of aryl methyl sites for hydroxylation is 1. The van der Waals surface area contributed by atoms with Gasteiger partial charge in [0.2, 0.25) is 0 Å². The van der Waals surface area contributed by atoms with Crippen molar-refractivity contribution in [1.82, 2.24) is 4.90 Å². The lowest BCUT2D eigenvalue weighted by atomic mass is 10.0. The molecule has 0 radical (unpaired) electrons. The minimum Gasteiger partial charge on any atom is -0.494 e. The van der Waals surface area contributed by atoms with E-state index < -0.39 is 0 Å². The van der Waals surface area contributed by atoms with Gasteiger partial charge in [0.15, 0.2) is 0 Å². The number of amides is 1. The van der Waals surface area contributed by atoms with E-state index in [2.05, 4.69) is 29.6 Å². The molecular formula is C24H24N2O2. The van der Waals surface area contributed by atoms with Gasteiger partial charge in [0.05, 0.1) is 12.2 Å². The Morgan fingerprint density at radius 1 is 0.929 bits per heavy atom. The second kappa shape index (κ2) is 8.17. The number of carbonyl (C=O) groups excluding carboxylic acids is 1. The number of nitrogens with one attached hydrogen (secondary N) is 1. The van der Waals surface area contributed by atoms with E-state index >= 15 is 0 Å². The molecule has 4 heteroatoms. The summed E-state index contributed by atoms with van der Waals surface area (Å²) in [6, 6.07) is 26.0. The van der Waals surface area contributed by atoms with Crippen molar-refractivity contribution in [3.8, 4) is 5.75 Å². The molecule has 0 fully saturated rings. The smallest absolute Gasteiger partial charge is 0.257 e. The second-order valence-corrected chi connectivity index (χ2v) is 7.02. The number of hydrogen-bond donors (Lipinski definition) is 1. The fourth-order valence-electron chi connectivity index (χ4n) is 3.51. The van der Waals surface area contributed by atoms with Gasteiger partial charge in [0, 0.05) is 12.7 Å². The van der Waals surface area contributed by atoms with Crippen molar-refractivity contribution in [3.05, 3.63) is 95.6 Å². The Balaban J connectivity index is 1.36. The van der Waals surface area contributed by atoms with E-state index in [1.54, 1.807) is 4.90 Å². The van der Waals surface area contributed by atoms with Crippen LogP contribution in [0.3, 0.4) is 0 Å².